The van der Waals surface area contributed by atoms with Gasteiger partial charge in [0.15, 0.2) is 0 Å². The first-order valence-electron chi connectivity index (χ1n) is 7.05. The topological polar surface area (TPSA) is 64.1 Å². The van der Waals surface area contributed by atoms with Crippen LogP contribution in [0.25, 0.3) is 0 Å². The second-order valence-corrected chi connectivity index (χ2v) is 6.55. The average molecular weight is 285 g/mol. The Balaban J connectivity index is 2.91. The van der Waals surface area contributed by atoms with Gasteiger partial charge in [-0.1, -0.05) is 0 Å². The van der Waals surface area contributed by atoms with E-state index in [-0.39, 0.29) is 11.6 Å². The molecule has 1 fully saturated rings. The van der Waals surface area contributed by atoms with Crippen LogP contribution in [0.3, 0.4) is 0 Å². The normalized spacial score (nSPS) is 19.8. The van der Waals surface area contributed by atoms with Gasteiger partial charge < -0.3 is 14.9 Å². The van der Waals surface area contributed by atoms with Gasteiger partial charge in [0.25, 0.3) is 0 Å². The van der Waals surface area contributed by atoms with Crippen LogP contribution < -0.4 is 0 Å². The van der Waals surface area contributed by atoms with Gasteiger partial charge in [-0.2, -0.15) is 0 Å². The minimum absolute atomic E-state index is 0.0965. The molecule has 116 valence electrons. The minimum Gasteiger partial charge on any atom is -0.480 e. The molecule has 0 radical (unpaired) electrons. The summed E-state index contributed by atoms with van der Waals surface area (Å²) in [7, 11) is 2.04. The zero-order chi connectivity index (χ0) is 15.7. The van der Waals surface area contributed by atoms with Crippen molar-refractivity contribution in [1.29, 1.82) is 0 Å². The zero-order valence-electron chi connectivity index (χ0n) is 13.4. The van der Waals surface area contributed by atoms with E-state index < -0.39 is 11.5 Å². The molecule has 1 rings (SSSR count). The van der Waals surface area contributed by atoms with Gasteiger partial charge in [0.2, 0.25) is 0 Å². The highest BCUT2D eigenvalue weighted by molar-refractivity contribution is 5.85. The first-order valence-corrected chi connectivity index (χ1v) is 7.05. The first kappa shape index (κ1) is 16.8. The predicted molar refractivity (Wildman–Crippen MR) is 77.8 cm³/mol. The SMILES string of the molecule is CCN(C(=O)N1CCN(C)C(C)(C)C1)C(C)(C)C(=O)O. The number of carbonyl (C=O) groups is 2. The van der Waals surface area contributed by atoms with Crippen LogP contribution in [0.5, 0.6) is 0 Å². The van der Waals surface area contributed by atoms with Crippen molar-refractivity contribution in [3.63, 3.8) is 0 Å². The van der Waals surface area contributed by atoms with E-state index in [1.165, 1.54) is 4.90 Å². The molecule has 2 amide bonds. The molecule has 0 bridgehead atoms. The number of carbonyl (C=O) groups excluding carboxylic acids is 1. The molecule has 1 N–H and O–H groups in total. The Morgan fingerprint density at radius 3 is 2.25 bits per heavy atom. The Hall–Kier alpha value is -1.30. The van der Waals surface area contributed by atoms with Crippen molar-refractivity contribution in [1.82, 2.24) is 14.7 Å². The van der Waals surface area contributed by atoms with Gasteiger partial charge in [0.1, 0.15) is 5.54 Å². The van der Waals surface area contributed by atoms with E-state index in [0.717, 1.165) is 6.54 Å². The van der Waals surface area contributed by atoms with Crippen molar-refractivity contribution < 1.29 is 14.7 Å². The van der Waals surface area contributed by atoms with E-state index in [9.17, 15) is 14.7 Å². The second kappa shape index (κ2) is 5.60. The lowest BCUT2D eigenvalue weighted by molar-refractivity contribution is -0.147. The molecule has 0 aromatic rings. The van der Waals surface area contributed by atoms with Gasteiger partial charge in [-0.05, 0) is 41.7 Å². The van der Waals surface area contributed by atoms with Gasteiger partial charge in [-0.15, -0.1) is 0 Å². The van der Waals surface area contributed by atoms with Gasteiger partial charge in [-0.25, -0.2) is 9.59 Å². The monoisotopic (exact) mass is 285 g/mol. The van der Waals surface area contributed by atoms with Crippen LogP contribution in [0.1, 0.15) is 34.6 Å². The molecule has 1 heterocycles. The van der Waals surface area contributed by atoms with Gasteiger partial charge in [0.05, 0.1) is 0 Å². The van der Waals surface area contributed by atoms with Crippen molar-refractivity contribution >= 4 is 12.0 Å². The minimum atomic E-state index is -1.20. The van der Waals surface area contributed by atoms with E-state index in [0.29, 0.717) is 19.6 Å². The average Bonchev–Trinajstić information content (AvgIpc) is 2.32. The van der Waals surface area contributed by atoms with Crippen LogP contribution in [0.4, 0.5) is 4.79 Å². The third-order valence-corrected chi connectivity index (χ3v) is 4.33. The number of carboxylic acids is 1. The summed E-state index contributed by atoms with van der Waals surface area (Å²) in [5.74, 6) is -0.985. The van der Waals surface area contributed by atoms with Crippen LogP contribution in [0, 0.1) is 0 Å². The summed E-state index contributed by atoms with van der Waals surface area (Å²) in [6, 6.07) is -0.193. The molecule has 1 saturated heterocycles. The number of urea groups is 1. The van der Waals surface area contributed by atoms with Gasteiger partial charge in [-0.3, -0.25) is 4.90 Å². The fraction of sp³-hybridized carbons (Fsp3) is 0.857. The molecule has 6 heteroatoms. The van der Waals surface area contributed by atoms with Crippen molar-refractivity contribution in [2.75, 3.05) is 33.2 Å². The standard InChI is InChI=1S/C14H27N3O3/c1-7-17(14(4,5)11(18)19)12(20)16-9-8-15(6)13(2,3)10-16/h7-10H2,1-6H3,(H,18,19). The van der Waals surface area contributed by atoms with Crippen LogP contribution in [0.15, 0.2) is 0 Å². The van der Waals surface area contributed by atoms with E-state index in [4.69, 9.17) is 0 Å². The molecule has 0 aromatic carbocycles. The lowest BCUT2D eigenvalue weighted by Crippen LogP contribution is -2.64. The van der Waals surface area contributed by atoms with Crippen molar-refractivity contribution in [3.8, 4) is 0 Å². The number of nitrogens with zero attached hydrogens (tertiary/aromatic N) is 3. The maximum atomic E-state index is 12.6. The van der Waals surface area contributed by atoms with Crippen molar-refractivity contribution in [3.05, 3.63) is 0 Å². The van der Waals surface area contributed by atoms with Crippen LogP contribution in [-0.2, 0) is 4.79 Å². The highest BCUT2D eigenvalue weighted by Gasteiger charge is 2.41. The molecular weight excluding hydrogens is 258 g/mol. The van der Waals surface area contributed by atoms with Crippen LogP contribution in [0.2, 0.25) is 0 Å². The molecule has 6 nitrogen and oxygen atoms in total. The third-order valence-electron chi connectivity index (χ3n) is 4.33. The number of carboxylic acid groups (broad SMARTS) is 1. The summed E-state index contributed by atoms with van der Waals surface area (Å²) in [5, 5.41) is 9.31. The van der Waals surface area contributed by atoms with Gasteiger partial charge in [0, 0.05) is 31.7 Å². The lowest BCUT2D eigenvalue weighted by Gasteiger charge is -2.47. The highest BCUT2D eigenvalue weighted by atomic mass is 16.4. The molecule has 0 aromatic heterocycles. The Morgan fingerprint density at radius 2 is 1.85 bits per heavy atom. The van der Waals surface area contributed by atoms with Crippen molar-refractivity contribution in [2.45, 2.75) is 45.7 Å². The molecule has 0 saturated carbocycles. The maximum Gasteiger partial charge on any atom is 0.329 e. The summed E-state index contributed by atoms with van der Waals surface area (Å²) >= 11 is 0. The largest absolute Gasteiger partial charge is 0.480 e. The number of rotatable bonds is 3. The highest BCUT2D eigenvalue weighted by Crippen LogP contribution is 2.23. The lowest BCUT2D eigenvalue weighted by atomic mass is 9.99. The predicted octanol–water partition coefficient (Wildman–Crippen LogP) is 1.32. The van der Waals surface area contributed by atoms with E-state index in [1.807, 2.05) is 14.0 Å². The fourth-order valence-corrected chi connectivity index (χ4v) is 2.46. The summed E-state index contributed by atoms with van der Waals surface area (Å²) < 4.78 is 0. The summed E-state index contributed by atoms with van der Waals surface area (Å²) in [6.45, 7) is 11.5. The quantitative estimate of drug-likeness (QED) is 0.849. The second-order valence-electron chi connectivity index (χ2n) is 6.55. The summed E-state index contributed by atoms with van der Waals surface area (Å²) in [5.41, 5.74) is -1.29. The number of aliphatic carboxylic acids is 1. The first-order chi connectivity index (χ1) is 9.04. The third kappa shape index (κ3) is 3.06. The van der Waals surface area contributed by atoms with E-state index in [2.05, 4.69) is 18.7 Å². The fourth-order valence-electron chi connectivity index (χ4n) is 2.46. The van der Waals surface area contributed by atoms with Crippen LogP contribution in [-0.4, -0.2) is 76.1 Å². The van der Waals surface area contributed by atoms with Crippen LogP contribution >= 0.6 is 0 Å². The molecule has 20 heavy (non-hydrogen) atoms. The Kier molecular flexibility index (Phi) is 4.69. The molecule has 1 aliphatic heterocycles. The summed E-state index contributed by atoms with van der Waals surface area (Å²) in [4.78, 5) is 29.4. The number of hydrogen-bond donors (Lipinski definition) is 1. The maximum absolute atomic E-state index is 12.6. The Morgan fingerprint density at radius 1 is 1.30 bits per heavy atom. The zero-order valence-corrected chi connectivity index (χ0v) is 13.4. The summed E-state index contributed by atoms with van der Waals surface area (Å²) in [6.07, 6.45) is 0. The molecule has 1 aliphatic rings. The molecular formula is C14H27N3O3. The smallest absolute Gasteiger partial charge is 0.329 e. The van der Waals surface area contributed by atoms with Crippen molar-refractivity contribution in [2.24, 2.45) is 0 Å². The number of amides is 2. The van der Waals surface area contributed by atoms with Gasteiger partial charge >= 0.3 is 12.0 Å². The Bertz CT molecular complexity index is 393. The Labute approximate surface area is 121 Å². The molecule has 0 unspecified atom stereocenters. The van der Waals surface area contributed by atoms with E-state index >= 15 is 0 Å². The molecule has 0 atom stereocenters. The number of piperazine rings is 1. The number of hydrogen-bond acceptors (Lipinski definition) is 3. The molecule has 0 aliphatic carbocycles. The van der Waals surface area contributed by atoms with E-state index in [1.54, 1.807) is 18.7 Å². The number of likely N-dealkylation sites (N-methyl/N-ethyl adjacent to an activating group) is 2. The molecule has 0 spiro atoms.